The molecule has 27 heavy (non-hydrogen) atoms. The Morgan fingerprint density at radius 1 is 1.22 bits per heavy atom. The molecule has 2 aliphatic heterocycles. The molecule has 1 N–H and O–H groups in total. The Labute approximate surface area is 183 Å². The molecular formula is C17H27Cl4N5O. The quantitative estimate of drug-likeness (QED) is 0.751. The van der Waals surface area contributed by atoms with Crippen molar-refractivity contribution in [1.82, 2.24) is 20.1 Å². The molecule has 0 bridgehead atoms. The lowest BCUT2D eigenvalue weighted by atomic mass is 10.1. The first kappa shape index (κ1) is 24.5. The van der Waals surface area contributed by atoms with Gasteiger partial charge >= 0.3 is 0 Å². The van der Waals surface area contributed by atoms with Crippen LogP contribution in [-0.4, -0.2) is 79.6 Å². The molecule has 0 radical (unpaired) electrons. The van der Waals surface area contributed by atoms with Crippen molar-refractivity contribution in [3.05, 3.63) is 22.3 Å². The van der Waals surface area contributed by atoms with Crippen molar-refractivity contribution in [1.29, 1.82) is 0 Å². The lowest BCUT2D eigenvalue weighted by Crippen LogP contribution is -2.53. The third-order valence-electron chi connectivity index (χ3n) is 4.99. The summed E-state index contributed by atoms with van der Waals surface area (Å²) in [5, 5.41) is 4.40. The Bertz CT molecular complexity index is 613. The highest BCUT2D eigenvalue weighted by atomic mass is 35.5. The monoisotopic (exact) mass is 457 g/mol. The highest BCUT2D eigenvalue weighted by Gasteiger charge is 2.26. The molecular weight excluding hydrogens is 432 g/mol. The number of carbonyl (C=O) groups is 1. The molecule has 6 nitrogen and oxygen atoms in total. The Kier molecular flexibility index (Phi) is 10.4. The summed E-state index contributed by atoms with van der Waals surface area (Å²) in [4.78, 5) is 23.2. The highest BCUT2D eigenvalue weighted by molar-refractivity contribution is 6.36. The first-order chi connectivity index (χ1) is 12.1. The van der Waals surface area contributed by atoms with Crippen LogP contribution in [0.5, 0.6) is 0 Å². The number of amides is 1. The van der Waals surface area contributed by atoms with E-state index in [9.17, 15) is 4.79 Å². The molecule has 154 valence electrons. The molecule has 3 rings (SSSR count). The molecule has 0 saturated carbocycles. The fourth-order valence-corrected chi connectivity index (χ4v) is 4.03. The van der Waals surface area contributed by atoms with Gasteiger partial charge in [0.05, 0.1) is 16.6 Å². The van der Waals surface area contributed by atoms with E-state index in [1.54, 1.807) is 12.3 Å². The van der Waals surface area contributed by atoms with Gasteiger partial charge in [-0.2, -0.15) is 0 Å². The number of halogens is 4. The van der Waals surface area contributed by atoms with Crippen LogP contribution in [0.3, 0.4) is 0 Å². The van der Waals surface area contributed by atoms with E-state index in [-0.39, 0.29) is 30.7 Å². The second-order valence-electron chi connectivity index (χ2n) is 6.69. The minimum Gasteiger partial charge on any atom is -0.352 e. The van der Waals surface area contributed by atoms with Gasteiger partial charge in [0, 0.05) is 45.0 Å². The van der Waals surface area contributed by atoms with Gasteiger partial charge in [-0.25, -0.2) is 4.98 Å². The zero-order valence-corrected chi connectivity index (χ0v) is 18.5. The fourth-order valence-electron chi connectivity index (χ4n) is 3.53. The fraction of sp³-hybridized carbons (Fsp3) is 0.647. The molecule has 1 amide bonds. The summed E-state index contributed by atoms with van der Waals surface area (Å²) in [6.07, 6.45) is 3.94. The lowest BCUT2D eigenvalue weighted by molar-refractivity contribution is -0.133. The number of likely N-dealkylation sites (tertiary alicyclic amines) is 1. The average Bonchev–Trinajstić information content (AvgIpc) is 2.62. The molecule has 3 heterocycles. The van der Waals surface area contributed by atoms with Crippen LogP contribution in [0.15, 0.2) is 12.3 Å². The maximum atomic E-state index is 12.6. The highest BCUT2D eigenvalue weighted by Crippen LogP contribution is 2.26. The van der Waals surface area contributed by atoms with Gasteiger partial charge in [-0.15, -0.1) is 24.8 Å². The number of anilines is 1. The number of piperidine rings is 1. The second kappa shape index (κ2) is 11.5. The van der Waals surface area contributed by atoms with E-state index in [0.717, 1.165) is 38.4 Å². The van der Waals surface area contributed by atoms with E-state index in [4.69, 9.17) is 23.2 Å². The van der Waals surface area contributed by atoms with Gasteiger partial charge in [-0.05, 0) is 32.5 Å². The van der Waals surface area contributed by atoms with Crippen molar-refractivity contribution in [3.63, 3.8) is 0 Å². The summed E-state index contributed by atoms with van der Waals surface area (Å²) in [7, 11) is 1.99. The molecule has 1 unspecified atom stereocenters. The molecule has 1 aromatic heterocycles. The van der Waals surface area contributed by atoms with Crippen LogP contribution in [0.25, 0.3) is 0 Å². The number of hydrogen-bond acceptors (Lipinski definition) is 5. The standard InChI is InChI=1S/C17H25Cl2N5O.2ClH/c1-20-14-3-2-4-22(11-14)12-16(25)23-5-7-24(8-6-23)17-15(19)9-13(18)10-21-17;;/h9-10,14,20H,2-8,11-12H2,1H3;2*1H. The lowest BCUT2D eigenvalue weighted by Gasteiger charge is -2.38. The van der Waals surface area contributed by atoms with Crippen molar-refractivity contribution in [2.24, 2.45) is 0 Å². The van der Waals surface area contributed by atoms with E-state index in [2.05, 4.69) is 20.1 Å². The van der Waals surface area contributed by atoms with Gasteiger partial charge in [0.25, 0.3) is 0 Å². The Balaban J connectivity index is 0.00000182. The molecule has 2 aliphatic rings. The second-order valence-corrected chi connectivity index (χ2v) is 7.53. The normalized spacial score (nSPS) is 20.6. The molecule has 0 aromatic carbocycles. The van der Waals surface area contributed by atoms with Crippen LogP contribution in [0.4, 0.5) is 5.82 Å². The van der Waals surface area contributed by atoms with Crippen LogP contribution < -0.4 is 10.2 Å². The summed E-state index contributed by atoms with van der Waals surface area (Å²) < 4.78 is 0. The molecule has 0 spiro atoms. The van der Waals surface area contributed by atoms with Crippen molar-refractivity contribution in [2.75, 3.05) is 57.8 Å². The number of carbonyl (C=O) groups excluding carboxylic acids is 1. The van der Waals surface area contributed by atoms with Gasteiger partial charge < -0.3 is 15.1 Å². The van der Waals surface area contributed by atoms with Gasteiger partial charge in [0.15, 0.2) is 0 Å². The maximum absolute atomic E-state index is 12.6. The largest absolute Gasteiger partial charge is 0.352 e. The van der Waals surface area contributed by atoms with Crippen molar-refractivity contribution in [3.8, 4) is 0 Å². The number of likely N-dealkylation sites (N-methyl/N-ethyl adjacent to an activating group) is 1. The number of nitrogens with zero attached hydrogens (tertiary/aromatic N) is 4. The number of piperazine rings is 1. The van der Waals surface area contributed by atoms with E-state index < -0.39 is 0 Å². The Hall–Kier alpha value is -0.500. The third kappa shape index (κ3) is 6.51. The number of hydrogen-bond donors (Lipinski definition) is 1. The van der Waals surface area contributed by atoms with Crippen LogP contribution >= 0.6 is 48.0 Å². The summed E-state index contributed by atoms with van der Waals surface area (Å²) >= 11 is 12.1. The third-order valence-corrected chi connectivity index (χ3v) is 5.48. The maximum Gasteiger partial charge on any atom is 0.236 e. The molecule has 10 heteroatoms. The zero-order valence-electron chi connectivity index (χ0n) is 15.4. The predicted molar refractivity (Wildman–Crippen MR) is 116 cm³/mol. The Morgan fingerprint density at radius 3 is 2.56 bits per heavy atom. The van der Waals surface area contributed by atoms with Crippen LogP contribution in [-0.2, 0) is 4.79 Å². The number of aromatic nitrogens is 1. The van der Waals surface area contributed by atoms with E-state index in [0.29, 0.717) is 35.7 Å². The van der Waals surface area contributed by atoms with Gasteiger partial charge in [0.2, 0.25) is 5.91 Å². The average molecular weight is 459 g/mol. The summed E-state index contributed by atoms with van der Waals surface area (Å²) in [5.74, 6) is 0.956. The van der Waals surface area contributed by atoms with Crippen molar-refractivity contribution in [2.45, 2.75) is 18.9 Å². The van der Waals surface area contributed by atoms with Crippen molar-refractivity contribution < 1.29 is 4.79 Å². The number of rotatable bonds is 4. The van der Waals surface area contributed by atoms with Crippen molar-refractivity contribution >= 4 is 59.7 Å². The Morgan fingerprint density at radius 2 is 1.93 bits per heavy atom. The van der Waals surface area contributed by atoms with Gasteiger partial charge in [-0.3, -0.25) is 9.69 Å². The van der Waals surface area contributed by atoms with Crippen LogP contribution in [0.1, 0.15) is 12.8 Å². The summed E-state index contributed by atoms with van der Waals surface area (Å²) in [6, 6.07) is 2.20. The molecule has 1 atom stereocenters. The van der Waals surface area contributed by atoms with Crippen LogP contribution in [0, 0.1) is 0 Å². The summed E-state index contributed by atoms with van der Waals surface area (Å²) in [6.45, 7) is 5.34. The SMILES string of the molecule is CNC1CCCN(CC(=O)N2CCN(c3ncc(Cl)cc3Cl)CC2)C1.Cl.Cl. The molecule has 0 aliphatic carbocycles. The molecule has 2 fully saturated rings. The number of pyridine rings is 1. The smallest absolute Gasteiger partial charge is 0.236 e. The van der Waals surface area contributed by atoms with Gasteiger partial charge in [0.1, 0.15) is 5.82 Å². The van der Waals surface area contributed by atoms with Gasteiger partial charge in [-0.1, -0.05) is 23.2 Å². The van der Waals surface area contributed by atoms with E-state index >= 15 is 0 Å². The number of nitrogens with one attached hydrogen (secondary N) is 1. The predicted octanol–water partition coefficient (Wildman–Crippen LogP) is 2.56. The van der Waals surface area contributed by atoms with Crippen LogP contribution in [0.2, 0.25) is 10.0 Å². The molecule has 2 saturated heterocycles. The first-order valence-electron chi connectivity index (χ1n) is 8.80. The zero-order chi connectivity index (χ0) is 17.8. The minimum atomic E-state index is 0. The van der Waals surface area contributed by atoms with E-state index in [1.165, 1.54) is 6.42 Å². The first-order valence-corrected chi connectivity index (χ1v) is 9.56. The summed E-state index contributed by atoms with van der Waals surface area (Å²) in [5.41, 5.74) is 0. The molecule has 1 aromatic rings. The minimum absolute atomic E-state index is 0. The van der Waals surface area contributed by atoms with E-state index in [1.807, 2.05) is 11.9 Å². The topological polar surface area (TPSA) is 51.7 Å².